The molecule has 2 N–H and O–H groups in total. The van der Waals surface area contributed by atoms with Crippen LogP contribution in [-0.4, -0.2) is 55.4 Å². The second kappa shape index (κ2) is 7.45. The standard InChI is InChI=1S/C19H20N6O2S2/c1-11-8-24(9-14-20-12-2-6-28-16(12)18(26)22-14)4-5-25(11)10-15-21-13-3-7-29-17(13)19(27)23-15/h2-3,6-7,11H,4-5,8-10H2,1H3,(H,20,22,26)(H,21,23,27). The van der Waals surface area contributed by atoms with Gasteiger partial charge in [-0.05, 0) is 29.8 Å². The zero-order valence-electron chi connectivity index (χ0n) is 15.8. The summed E-state index contributed by atoms with van der Waals surface area (Å²) >= 11 is 2.83. The maximum Gasteiger partial charge on any atom is 0.268 e. The Morgan fingerprint density at radius 2 is 1.55 bits per heavy atom. The van der Waals surface area contributed by atoms with Gasteiger partial charge in [0.25, 0.3) is 11.1 Å². The minimum atomic E-state index is -0.0647. The molecular weight excluding hydrogens is 408 g/mol. The molecule has 0 aromatic carbocycles. The molecule has 0 saturated carbocycles. The Kier molecular flexibility index (Phi) is 4.78. The van der Waals surface area contributed by atoms with Crippen LogP contribution in [0.25, 0.3) is 20.4 Å². The predicted octanol–water partition coefficient (Wildman–Crippen LogP) is 1.99. The van der Waals surface area contributed by atoms with E-state index in [1.54, 1.807) is 0 Å². The summed E-state index contributed by atoms with van der Waals surface area (Å²) in [7, 11) is 0. The molecule has 150 valence electrons. The summed E-state index contributed by atoms with van der Waals surface area (Å²) in [4.78, 5) is 44.0. The molecule has 4 aromatic rings. The summed E-state index contributed by atoms with van der Waals surface area (Å²) < 4.78 is 1.35. The van der Waals surface area contributed by atoms with Crippen LogP contribution in [0, 0.1) is 0 Å². The van der Waals surface area contributed by atoms with Crippen LogP contribution in [0.15, 0.2) is 32.5 Å². The van der Waals surface area contributed by atoms with Crippen LogP contribution < -0.4 is 11.1 Å². The van der Waals surface area contributed by atoms with E-state index < -0.39 is 0 Å². The molecule has 4 aromatic heterocycles. The minimum absolute atomic E-state index is 0.0643. The van der Waals surface area contributed by atoms with Gasteiger partial charge in [-0.3, -0.25) is 19.4 Å². The van der Waals surface area contributed by atoms with Crippen molar-refractivity contribution >= 4 is 43.1 Å². The molecule has 1 saturated heterocycles. The Morgan fingerprint density at radius 3 is 2.14 bits per heavy atom. The highest BCUT2D eigenvalue weighted by Crippen LogP contribution is 2.18. The zero-order chi connectivity index (χ0) is 20.0. The lowest BCUT2D eigenvalue weighted by Crippen LogP contribution is -2.51. The molecule has 29 heavy (non-hydrogen) atoms. The predicted molar refractivity (Wildman–Crippen MR) is 116 cm³/mol. The Hall–Kier alpha value is -2.40. The summed E-state index contributed by atoms with van der Waals surface area (Å²) in [6.45, 7) is 5.99. The Balaban J connectivity index is 1.27. The van der Waals surface area contributed by atoms with Crippen LogP contribution in [-0.2, 0) is 13.1 Å². The molecule has 0 spiro atoms. The van der Waals surface area contributed by atoms with Gasteiger partial charge in [0.15, 0.2) is 0 Å². The number of H-pyrrole nitrogens is 2. The van der Waals surface area contributed by atoms with Gasteiger partial charge in [-0.2, -0.15) is 0 Å². The summed E-state index contributed by atoms with van der Waals surface area (Å²) in [6.07, 6.45) is 0. The molecule has 8 nitrogen and oxygen atoms in total. The Morgan fingerprint density at radius 1 is 0.966 bits per heavy atom. The quantitative estimate of drug-likeness (QED) is 0.516. The molecule has 1 aliphatic rings. The number of rotatable bonds is 4. The molecule has 1 aliphatic heterocycles. The number of aromatic nitrogens is 4. The van der Waals surface area contributed by atoms with Crippen LogP contribution in [0.2, 0.25) is 0 Å². The average Bonchev–Trinajstić information content (AvgIpc) is 3.33. The highest BCUT2D eigenvalue weighted by Gasteiger charge is 2.25. The molecule has 10 heteroatoms. The van der Waals surface area contributed by atoms with E-state index in [2.05, 4.69) is 36.7 Å². The number of nitrogens with zero attached hydrogens (tertiary/aromatic N) is 4. The van der Waals surface area contributed by atoms with Crippen molar-refractivity contribution in [2.24, 2.45) is 0 Å². The summed E-state index contributed by atoms with van der Waals surface area (Å²) in [5, 5.41) is 3.78. The first-order chi connectivity index (χ1) is 14.1. The number of thiophene rings is 2. The van der Waals surface area contributed by atoms with E-state index in [1.807, 2.05) is 22.9 Å². The summed E-state index contributed by atoms with van der Waals surface area (Å²) in [5.41, 5.74) is 1.40. The van der Waals surface area contributed by atoms with Crippen LogP contribution in [0.4, 0.5) is 0 Å². The van der Waals surface area contributed by atoms with Gasteiger partial charge < -0.3 is 9.97 Å². The molecule has 1 fully saturated rings. The van der Waals surface area contributed by atoms with E-state index in [4.69, 9.17) is 0 Å². The van der Waals surface area contributed by atoms with Crippen molar-refractivity contribution in [3.05, 3.63) is 55.2 Å². The lowest BCUT2D eigenvalue weighted by molar-refractivity contribution is 0.0699. The van der Waals surface area contributed by atoms with Gasteiger partial charge in [-0.1, -0.05) is 0 Å². The number of piperazine rings is 1. The van der Waals surface area contributed by atoms with Crippen molar-refractivity contribution in [1.82, 2.24) is 29.7 Å². The molecule has 0 radical (unpaired) electrons. The largest absolute Gasteiger partial charge is 0.308 e. The smallest absolute Gasteiger partial charge is 0.268 e. The number of fused-ring (bicyclic) bond motifs is 2. The first kappa shape index (κ1) is 18.6. The van der Waals surface area contributed by atoms with Crippen molar-refractivity contribution in [2.45, 2.75) is 26.1 Å². The van der Waals surface area contributed by atoms with Crippen LogP contribution in [0.3, 0.4) is 0 Å². The summed E-state index contributed by atoms with van der Waals surface area (Å²) in [6, 6.07) is 4.07. The number of nitrogens with one attached hydrogen (secondary N) is 2. The maximum absolute atomic E-state index is 12.2. The molecule has 5 rings (SSSR count). The highest BCUT2D eigenvalue weighted by atomic mass is 32.1. The van der Waals surface area contributed by atoms with E-state index in [-0.39, 0.29) is 11.1 Å². The van der Waals surface area contributed by atoms with E-state index in [1.165, 1.54) is 22.7 Å². The zero-order valence-corrected chi connectivity index (χ0v) is 17.5. The average molecular weight is 429 g/mol. The number of aromatic amines is 2. The lowest BCUT2D eigenvalue weighted by Gasteiger charge is -2.39. The minimum Gasteiger partial charge on any atom is -0.308 e. The fourth-order valence-electron chi connectivity index (χ4n) is 3.85. The molecule has 5 heterocycles. The van der Waals surface area contributed by atoms with Gasteiger partial charge in [-0.25, -0.2) is 9.97 Å². The highest BCUT2D eigenvalue weighted by molar-refractivity contribution is 7.17. The Labute approximate surface area is 173 Å². The van der Waals surface area contributed by atoms with Crippen molar-refractivity contribution in [2.75, 3.05) is 19.6 Å². The molecule has 1 unspecified atom stereocenters. The van der Waals surface area contributed by atoms with E-state index in [0.717, 1.165) is 30.7 Å². The second-order valence-corrected chi connectivity index (χ2v) is 9.18. The number of hydrogen-bond donors (Lipinski definition) is 2. The SMILES string of the molecule is CC1CN(Cc2nc3ccsc3c(=O)[nH]2)CCN1Cc1nc2ccsc2c(=O)[nH]1. The van der Waals surface area contributed by atoms with Gasteiger partial charge in [0.1, 0.15) is 21.0 Å². The van der Waals surface area contributed by atoms with Crippen molar-refractivity contribution in [3.63, 3.8) is 0 Å². The fourth-order valence-corrected chi connectivity index (χ4v) is 5.30. The topological polar surface area (TPSA) is 98.0 Å². The van der Waals surface area contributed by atoms with Gasteiger partial charge in [-0.15, -0.1) is 22.7 Å². The molecule has 1 atom stereocenters. The lowest BCUT2D eigenvalue weighted by atomic mass is 10.2. The molecular formula is C19H20N6O2S2. The fraction of sp³-hybridized carbons (Fsp3) is 0.368. The molecule has 0 bridgehead atoms. The van der Waals surface area contributed by atoms with Gasteiger partial charge in [0, 0.05) is 25.7 Å². The third-order valence-corrected chi connectivity index (χ3v) is 7.11. The third-order valence-electron chi connectivity index (χ3n) is 5.30. The van der Waals surface area contributed by atoms with E-state index in [9.17, 15) is 9.59 Å². The first-order valence-electron chi connectivity index (χ1n) is 9.46. The van der Waals surface area contributed by atoms with Crippen LogP contribution in [0.1, 0.15) is 18.6 Å². The monoisotopic (exact) mass is 428 g/mol. The van der Waals surface area contributed by atoms with Crippen molar-refractivity contribution in [3.8, 4) is 0 Å². The third kappa shape index (κ3) is 3.64. The first-order valence-corrected chi connectivity index (χ1v) is 11.2. The second-order valence-electron chi connectivity index (χ2n) is 7.35. The molecule has 0 aliphatic carbocycles. The Bertz CT molecular complexity index is 1290. The normalized spacial score (nSPS) is 18.7. The summed E-state index contributed by atoms with van der Waals surface area (Å²) in [5.74, 6) is 1.41. The van der Waals surface area contributed by atoms with Gasteiger partial charge in [0.05, 0.1) is 24.1 Å². The van der Waals surface area contributed by atoms with E-state index in [0.29, 0.717) is 40.2 Å². The number of hydrogen-bond acceptors (Lipinski definition) is 8. The maximum atomic E-state index is 12.2. The van der Waals surface area contributed by atoms with Gasteiger partial charge >= 0.3 is 0 Å². The molecule has 0 amide bonds. The van der Waals surface area contributed by atoms with Gasteiger partial charge in [0.2, 0.25) is 0 Å². The van der Waals surface area contributed by atoms with Crippen LogP contribution >= 0.6 is 22.7 Å². The van der Waals surface area contributed by atoms with Crippen molar-refractivity contribution < 1.29 is 0 Å². The van der Waals surface area contributed by atoms with Crippen LogP contribution in [0.5, 0.6) is 0 Å². The van der Waals surface area contributed by atoms with Crippen molar-refractivity contribution in [1.29, 1.82) is 0 Å². The van der Waals surface area contributed by atoms with E-state index >= 15 is 0 Å².